The summed E-state index contributed by atoms with van der Waals surface area (Å²) in [5.41, 5.74) is 6.36. The number of nitrogens with one attached hydrogen (secondary N) is 1. The molecule has 0 aromatic carbocycles. The highest BCUT2D eigenvalue weighted by molar-refractivity contribution is 5.54. The van der Waals surface area contributed by atoms with Crippen molar-refractivity contribution in [3.8, 4) is 5.88 Å². The number of aliphatic hydroxyl groups is 1. The lowest BCUT2D eigenvalue weighted by molar-refractivity contribution is 0.116. The summed E-state index contributed by atoms with van der Waals surface area (Å²) in [6.45, 7) is 3.87. The number of aromatic nitrogens is 1. The van der Waals surface area contributed by atoms with Crippen molar-refractivity contribution in [2.45, 2.75) is 57.8 Å². The fourth-order valence-electron chi connectivity index (χ4n) is 2.32. The van der Waals surface area contributed by atoms with Gasteiger partial charge in [0, 0.05) is 0 Å². The molecule has 5 nitrogen and oxygen atoms in total. The molecule has 1 heterocycles. The smallest absolute Gasteiger partial charge is 0.239 e. The van der Waals surface area contributed by atoms with Crippen molar-refractivity contribution in [2.75, 3.05) is 11.1 Å². The predicted octanol–water partition coefficient (Wildman–Crippen LogP) is 2.17. The SMILES string of the molecule is CC(C)Oc1nc(NC2CCCCC2O)ccc1N. The first-order valence-electron chi connectivity index (χ1n) is 6.94. The molecule has 19 heavy (non-hydrogen) atoms. The summed E-state index contributed by atoms with van der Waals surface area (Å²) in [6.07, 6.45) is 3.78. The van der Waals surface area contributed by atoms with E-state index in [-0.39, 0.29) is 18.2 Å². The van der Waals surface area contributed by atoms with E-state index in [0.29, 0.717) is 17.4 Å². The van der Waals surface area contributed by atoms with Crippen molar-refractivity contribution in [1.82, 2.24) is 4.98 Å². The van der Waals surface area contributed by atoms with Gasteiger partial charge in [-0.05, 0) is 38.8 Å². The van der Waals surface area contributed by atoms with Crippen molar-refractivity contribution >= 4 is 11.5 Å². The summed E-state index contributed by atoms with van der Waals surface area (Å²) in [5.74, 6) is 1.15. The van der Waals surface area contributed by atoms with Crippen molar-refractivity contribution in [3.63, 3.8) is 0 Å². The van der Waals surface area contributed by atoms with Gasteiger partial charge in [-0.15, -0.1) is 0 Å². The van der Waals surface area contributed by atoms with Gasteiger partial charge >= 0.3 is 0 Å². The van der Waals surface area contributed by atoms with Gasteiger partial charge in [-0.1, -0.05) is 12.8 Å². The van der Waals surface area contributed by atoms with Crippen molar-refractivity contribution < 1.29 is 9.84 Å². The molecule has 2 unspecified atom stereocenters. The third-order valence-electron chi connectivity index (χ3n) is 3.30. The number of anilines is 2. The second-order valence-corrected chi connectivity index (χ2v) is 5.36. The fourth-order valence-corrected chi connectivity index (χ4v) is 2.32. The Balaban J connectivity index is 2.07. The molecule has 1 aromatic rings. The van der Waals surface area contributed by atoms with E-state index < -0.39 is 0 Å². The maximum atomic E-state index is 9.95. The Hall–Kier alpha value is -1.49. The lowest BCUT2D eigenvalue weighted by atomic mass is 9.92. The molecule has 4 N–H and O–H groups in total. The number of ether oxygens (including phenoxy) is 1. The Kier molecular flexibility index (Phi) is 4.47. The molecular weight excluding hydrogens is 242 g/mol. The number of rotatable bonds is 4. The van der Waals surface area contributed by atoms with Crippen LogP contribution in [-0.2, 0) is 0 Å². The number of nitrogens with zero attached hydrogens (tertiary/aromatic N) is 1. The first-order valence-corrected chi connectivity index (χ1v) is 6.94. The van der Waals surface area contributed by atoms with Gasteiger partial charge in [0.2, 0.25) is 5.88 Å². The third-order valence-corrected chi connectivity index (χ3v) is 3.30. The molecule has 106 valence electrons. The standard InChI is InChI=1S/C14H23N3O2/c1-9(2)19-14-10(15)7-8-13(17-14)16-11-5-3-4-6-12(11)18/h7-9,11-12,18H,3-6,15H2,1-2H3,(H,16,17). The first-order chi connectivity index (χ1) is 9.06. The van der Waals surface area contributed by atoms with Crippen molar-refractivity contribution in [2.24, 2.45) is 0 Å². The molecule has 0 saturated heterocycles. The molecule has 1 saturated carbocycles. The second kappa shape index (κ2) is 6.10. The zero-order chi connectivity index (χ0) is 13.8. The van der Waals surface area contributed by atoms with Gasteiger partial charge in [0.15, 0.2) is 0 Å². The van der Waals surface area contributed by atoms with Crippen LogP contribution in [0.3, 0.4) is 0 Å². The number of nitrogens with two attached hydrogens (primary N) is 1. The Morgan fingerprint density at radius 2 is 2.11 bits per heavy atom. The van der Waals surface area contributed by atoms with Crippen LogP contribution in [0.2, 0.25) is 0 Å². The van der Waals surface area contributed by atoms with E-state index >= 15 is 0 Å². The Morgan fingerprint density at radius 3 is 2.79 bits per heavy atom. The fraction of sp³-hybridized carbons (Fsp3) is 0.643. The van der Waals surface area contributed by atoms with Gasteiger partial charge in [0.1, 0.15) is 5.82 Å². The van der Waals surface area contributed by atoms with Crippen LogP contribution in [0, 0.1) is 0 Å². The van der Waals surface area contributed by atoms with Crippen LogP contribution in [0.5, 0.6) is 5.88 Å². The molecule has 0 bridgehead atoms. The number of pyridine rings is 1. The van der Waals surface area contributed by atoms with Crippen LogP contribution in [0.4, 0.5) is 11.5 Å². The van der Waals surface area contributed by atoms with Crippen molar-refractivity contribution in [1.29, 1.82) is 0 Å². The second-order valence-electron chi connectivity index (χ2n) is 5.36. The van der Waals surface area contributed by atoms with Crippen LogP contribution in [-0.4, -0.2) is 28.3 Å². The molecule has 1 aliphatic carbocycles. The number of aliphatic hydroxyl groups excluding tert-OH is 1. The molecule has 0 spiro atoms. The normalized spacial score (nSPS) is 23.4. The molecule has 1 aliphatic rings. The molecule has 5 heteroatoms. The van der Waals surface area contributed by atoms with E-state index in [4.69, 9.17) is 10.5 Å². The zero-order valence-corrected chi connectivity index (χ0v) is 11.6. The van der Waals surface area contributed by atoms with Gasteiger partial charge in [0.05, 0.1) is 23.9 Å². The highest BCUT2D eigenvalue weighted by atomic mass is 16.5. The Bertz CT molecular complexity index is 423. The number of hydrogen-bond acceptors (Lipinski definition) is 5. The highest BCUT2D eigenvalue weighted by Gasteiger charge is 2.23. The highest BCUT2D eigenvalue weighted by Crippen LogP contribution is 2.25. The molecular formula is C14H23N3O2. The van der Waals surface area contributed by atoms with E-state index in [0.717, 1.165) is 25.7 Å². The maximum Gasteiger partial charge on any atom is 0.239 e. The lowest BCUT2D eigenvalue weighted by Crippen LogP contribution is -2.36. The number of hydrogen-bond donors (Lipinski definition) is 3. The first kappa shape index (κ1) is 13.9. The van der Waals surface area contributed by atoms with Crippen molar-refractivity contribution in [3.05, 3.63) is 12.1 Å². The molecule has 2 atom stereocenters. The topological polar surface area (TPSA) is 80.4 Å². The van der Waals surface area contributed by atoms with Gasteiger partial charge in [0.25, 0.3) is 0 Å². The quantitative estimate of drug-likeness (QED) is 0.777. The van der Waals surface area contributed by atoms with Crippen LogP contribution < -0.4 is 15.8 Å². The summed E-state index contributed by atoms with van der Waals surface area (Å²) in [6, 6.07) is 3.67. The molecule has 0 amide bonds. The molecule has 2 rings (SSSR count). The maximum absolute atomic E-state index is 9.95. The molecule has 1 aromatic heterocycles. The number of nitrogen functional groups attached to an aromatic ring is 1. The minimum atomic E-state index is -0.303. The summed E-state index contributed by atoms with van der Waals surface area (Å²) in [5, 5.41) is 13.2. The third kappa shape index (κ3) is 3.73. The lowest BCUT2D eigenvalue weighted by Gasteiger charge is -2.28. The van der Waals surface area contributed by atoms with E-state index in [2.05, 4.69) is 10.3 Å². The Labute approximate surface area is 114 Å². The summed E-state index contributed by atoms with van der Waals surface area (Å²) in [4.78, 5) is 4.37. The van der Waals surface area contributed by atoms with Gasteiger partial charge in [-0.2, -0.15) is 4.98 Å². The summed E-state index contributed by atoms with van der Waals surface area (Å²) < 4.78 is 5.56. The molecule has 1 fully saturated rings. The minimum absolute atomic E-state index is 0.0327. The van der Waals surface area contributed by atoms with Crippen LogP contribution in [0.15, 0.2) is 12.1 Å². The molecule has 0 radical (unpaired) electrons. The van der Waals surface area contributed by atoms with E-state index in [1.165, 1.54) is 0 Å². The Morgan fingerprint density at radius 1 is 1.37 bits per heavy atom. The molecule has 0 aliphatic heterocycles. The summed E-state index contributed by atoms with van der Waals surface area (Å²) in [7, 11) is 0. The average molecular weight is 265 g/mol. The van der Waals surface area contributed by atoms with E-state index in [1.54, 1.807) is 6.07 Å². The monoisotopic (exact) mass is 265 g/mol. The largest absolute Gasteiger partial charge is 0.473 e. The van der Waals surface area contributed by atoms with Crippen LogP contribution in [0.1, 0.15) is 39.5 Å². The van der Waals surface area contributed by atoms with Crippen LogP contribution in [0.25, 0.3) is 0 Å². The predicted molar refractivity (Wildman–Crippen MR) is 76.3 cm³/mol. The van der Waals surface area contributed by atoms with Gasteiger partial charge in [-0.3, -0.25) is 0 Å². The van der Waals surface area contributed by atoms with Crippen LogP contribution >= 0.6 is 0 Å². The average Bonchev–Trinajstić information content (AvgIpc) is 2.35. The summed E-state index contributed by atoms with van der Waals surface area (Å²) >= 11 is 0. The zero-order valence-electron chi connectivity index (χ0n) is 11.6. The van der Waals surface area contributed by atoms with E-state index in [1.807, 2.05) is 19.9 Å². The van der Waals surface area contributed by atoms with E-state index in [9.17, 15) is 5.11 Å². The van der Waals surface area contributed by atoms with Gasteiger partial charge in [-0.25, -0.2) is 0 Å². The van der Waals surface area contributed by atoms with Gasteiger partial charge < -0.3 is 20.9 Å². The minimum Gasteiger partial charge on any atom is -0.473 e.